The smallest absolute Gasteiger partial charge is 0.275 e. The Morgan fingerprint density at radius 3 is 2.62 bits per heavy atom. The molecule has 34 heavy (non-hydrogen) atoms. The number of aliphatic imine (C=N–C) groups is 1. The van der Waals surface area contributed by atoms with E-state index in [0.717, 1.165) is 5.56 Å². The van der Waals surface area contributed by atoms with E-state index < -0.39 is 4.92 Å². The Morgan fingerprint density at radius 2 is 1.88 bits per heavy atom. The molecule has 1 N–H and O–H groups in total. The third-order valence-electron chi connectivity index (χ3n) is 4.88. The van der Waals surface area contributed by atoms with Gasteiger partial charge in [0.15, 0.2) is 11.5 Å². The van der Waals surface area contributed by atoms with Crippen LogP contribution in [0.25, 0.3) is 6.08 Å². The van der Waals surface area contributed by atoms with Gasteiger partial charge in [-0.1, -0.05) is 54.1 Å². The zero-order valence-electron chi connectivity index (χ0n) is 18.2. The highest BCUT2D eigenvalue weighted by atomic mass is 35.5. The molecule has 4 rings (SSSR count). The summed E-state index contributed by atoms with van der Waals surface area (Å²) in [6.07, 6.45) is 1.62. The number of halogens is 1. The van der Waals surface area contributed by atoms with Crippen molar-refractivity contribution >= 4 is 35.1 Å². The minimum Gasteiger partial charge on any atom is -0.490 e. The lowest BCUT2D eigenvalue weighted by atomic mass is 10.1. The van der Waals surface area contributed by atoms with E-state index in [2.05, 4.69) is 10.3 Å². The molecule has 9 heteroatoms. The fourth-order valence-corrected chi connectivity index (χ4v) is 3.62. The molecule has 1 amide bonds. The van der Waals surface area contributed by atoms with Crippen molar-refractivity contribution in [3.8, 4) is 11.5 Å². The highest BCUT2D eigenvalue weighted by molar-refractivity contribution is 6.32. The summed E-state index contributed by atoms with van der Waals surface area (Å²) in [6.45, 7) is 2.25. The van der Waals surface area contributed by atoms with Crippen molar-refractivity contribution in [3.05, 3.63) is 104 Å². The predicted octanol–water partition coefficient (Wildman–Crippen LogP) is 5.14. The van der Waals surface area contributed by atoms with Crippen molar-refractivity contribution in [3.63, 3.8) is 0 Å². The molecule has 3 aromatic carbocycles. The second-order valence-electron chi connectivity index (χ2n) is 7.29. The van der Waals surface area contributed by atoms with Crippen LogP contribution in [0.5, 0.6) is 11.5 Å². The van der Waals surface area contributed by atoms with Crippen LogP contribution in [-0.4, -0.2) is 23.3 Å². The molecule has 0 spiro atoms. The summed E-state index contributed by atoms with van der Waals surface area (Å²) in [4.78, 5) is 27.4. The first-order chi connectivity index (χ1) is 16.4. The lowest BCUT2D eigenvalue weighted by Crippen LogP contribution is -2.24. The number of amidine groups is 1. The second-order valence-corrected chi connectivity index (χ2v) is 7.70. The van der Waals surface area contributed by atoms with Crippen LogP contribution >= 0.6 is 11.6 Å². The zero-order valence-corrected chi connectivity index (χ0v) is 18.9. The molecular weight excluding hydrogens is 458 g/mol. The number of amides is 1. The molecule has 0 bridgehead atoms. The minimum absolute atomic E-state index is 0.0236. The van der Waals surface area contributed by atoms with Gasteiger partial charge in [0.05, 0.1) is 16.6 Å². The molecule has 172 valence electrons. The fraction of sp³-hybridized carbons (Fsp3) is 0.120. The number of nitro groups is 1. The summed E-state index contributed by atoms with van der Waals surface area (Å²) >= 11 is 6.49. The maximum atomic E-state index is 12.4. The van der Waals surface area contributed by atoms with Gasteiger partial charge in [0.25, 0.3) is 11.6 Å². The van der Waals surface area contributed by atoms with Gasteiger partial charge in [-0.05, 0) is 36.3 Å². The van der Waals surface area contributed by atoms with Crippen LogP contribution in [0.4, 0.5) is 5.69 Å². The van der Waals surface area contributed by atoms with E-state index in [1.165, 1.54) is 12.1 Å². The fourth-order valence-electron chi connectivity index (χ4n) is 3.35. The van der Waals surface area contributed by atoms with Crippen LogP contribution < -0.4 is 14.8 Å². The number of ether oxygens (including phenoxy) is 2. The van der Waals surface area contributed by atoms with Gasteiger partial charge in [0.2, 0.25) is 0 Å². The van der Waals surface area contributed by atoms with Gasteiger partial charge in [-0.25, -0.2) is 4.99 Å². The Balaban J connectivity index is 1.60. The normalized spacial score (nSPS) is 14.0. The lowest BCUT2D eigenvalue weighted by molar-refractivity contribution is -0.384. The van der Waals surface area contributed by atoms with E-state index in [9.17, 15) is 14.9 Å². The van der Waals surface area contributed by atoms with Crippen LogP contribution in [0.3, 0.4) is 0 Å². The predicted molar refractivity (Wildman–Crippen MR) is 129 cm³/mol. The monoisotopic (exact) mass is 477 g/mol. The van der Waals surface area contributed by atoms with Gasteiger partial charge in [-0.2, -0.15) is 0 Å². The van der Waals surface area contributed by atoms with Gasteiger partial charge in [0, 0.05) is 17.7 Å². The van der Waals surface area contributed by atoms with E-state index in [4.69, 9.17) is 21.1 Å². The number of rotatable bonds is 8. The Hall–Kier alpha value is -4.17. The summed E-state index contributed by atoms with van der Waals surface area (Å²) in [5, 5.41) is 14.0. The van der Waals surface area contributed by atoms with Crippen molar-refractivity contribution in [2.75, 3.05) is 6.61 Å². The Labute approximate surface area is 200 Å². The molecule has 1 heterocycles. The highest BCUT2D eigenvalue weighted by Crippen LogP contribution is 2.38. The van der Waals surface area contributed by atoms with E-state index in [1.807, 2.05) is 37.3 Å². The number of non-ortho nitro benzene ring substituents is 1. The third kappa shape index (κ3) is 5.24. The van der Waals surface area contributed by atoms with Gasteiger partial charge >= 0.3 is 0 Å². The van der Waals surface area contributed by atoms with Crippen LogP contribution in [0.1, 0.15) is 23.6 Å². The first kappa shape index (κ1) is 23.0. The molecule has 0 atom stereocenters. The van der Waals surface area contributed by atoms with Crippen LogP contribution in [0, 0.1) is 10.1 Å². The van der Waals surface area contributed by atoms with E-state index in [-0.39, 0.29) is 28.9 Å². The van der Waals surface area contributed by atoms with E-state index >= 15 is 0 Å². The van der Waals surface area contributed by atoms with Gasteiger partial charge in [-0.15, -0.1) is 0 Å². The molecule has 0 fully saturated rings. The first-order valence-electron chi connectivity index (χ1n) is 10.4. The zero-order chi connectivity index (χ0) is 24.1. The standard InChI is InChI=1S/C25H20ClN3O5/c1-2-33-22-14-17(13-21-25(30)28-24(27-21)18-8-4-3-5-9-18)12-20(26)23(22)34-15-16-7-6-10-19(11-16)29(31)32/h3-14H,2,15H2,1H3,(H,27,28,30)/b21-13+. The maximum absolute atomic E-state index is 12.4. The number of nitro benzene ring substituents is 1. The van der Waals surface area contributed by atoms with Crippen molar-refractivity contribution in [1.82, 2.24) is 5.32 Å². The van der Waals surface area contributed by atoms with Crippen molar-refractivity contribution in [2.24, 2.45) is 4.99 Å². The number of nitrogens with zero attached hydrogens (tertiary/aromatic N) is 2. The van der Waals surface area contributed by atoms with E-state index in [0.29, 0.717) is 35.1 Å². The number of nitrogens with one attached hydrogen (secondary N) is 1. The largest absolute Gasteiger partial charge is 0.490 e. The number of hydrogen-bond acceptors (Lipinski definition) is 6. The SMILES string of the molecule is CCOc1cc(/C=C2/N=C(c3ccccc3)NC2=O)cc(Cl)c1OCc1cccc([N+](=O)[O-])c1. The molecular formula is C25H20ClN3O5. The summed E-state index contributed by atoms with van der Waals surface area (Å²) in [7, 11) is 0. The Morgan fingerprint density at radius 1 is 1.09 bits per heavy atom. The molecule has 0 aliphatic carbocycles. The van der Waals surface area contributed by atoms with Crippen molar-refractivity contribution in [1.29, 1.82) is 0 Å². The quantitative estimate of drug-likeness (QED) is 0.275. The summed E-state index contributed by atoms with van der Waals surface area (Å²) < 4.78 is 11.6. The number of benzene rings is 3. The molecule has 0 saturated carbocycles. The average Bonchev–Trinajstić information content (AvgIpc) is 3.19. The third-order valence-corrected chi connectivity index (χ3v) is 5.16. The van der Waals surface area contributed by atoms with Crippen LogP contribution in [0.15, 0.2) is 77.4 Å². The number of carbonyl (C=O) groups excluding carboxylic acids is 1. The molecule has 3 aromatic rings. The van der Waals surface area contributed by atoms with Gasteiger partial charge in [-0.3, -0.25) is 14.9 Å². The van der Waals surface area contributed by atoms with E-state index in [1.54, 1.807) is 30.3 Å². The molecule has 8 nitrogen and oxygen atoms in total. The van der Waals surface area contributed by atoms with Crippen molar-refractivity contribution < 1.29 is 19.2 Å². The highest BCUT2D eigenvalue weighted by Gasteiger charge is 2.22. The molecule has 0 saturated heterocycles. The molecule has 0 unspecified atom stereocenters. The number of carbonyl (C=O) groups is 1. The van der Waals surface area contributed by atoms with Crippen LogP contribution in [-0.2, 0) is 11.4 Å². The summed E-state index contributed by atoms with van der Waals surface area (Å²) in [5.74, 6) is 0.850. The Bertz CT molecular complexity index is 1310. The van der Waals surface area contributed by atoms with Crippen LogP contribution in [0.2, 0.25) is 5.02 Å². The molecule has 1 aliphatic heterocycles. The molecule has 1 aliphatic rings. The van der Waals surface area contributed by atoms with Gasteiger partial charge < -0.3 is 14.8 Å². The second kappa shape index (κ2) is 10.2. The number of hydrogen-bond donors (Lipinski definition) is 1. The minimum atomic E-state index is -0.463. The summed E-state index contributed by atoms with van der Waals surface area (Å²) in [5.41, 5.74) is 2.24. The van der Waals surface area contributed by atoms with Gasteiger partial charge in [0.1, 0.15) is 18.1 Å². The first-order valence-corrected chi connectivity index (χ1v) is 10.8. The maximum Gasteiger partial charge on any atom is 0.275 e. The topological polar surface area (TPSA) is 103 Å². The molecule has 0 aromatic heterocycles. The Kier molecular flexibility index (Phi) is 6.89. The molecule has 0 radical (unpaired) electrons. The lowest BCUT2D eigenvalue weighted by Gasteiger charge is -2.14. The average molecular weight is 478 g/mol. The summed E-state index contributed by atoms with van der Waals surface area (Å²) in [6, 6.07) is 18.9. The van der Waals surface area contributed by atoms with Crippen molar-refractivity contribution in [2.45, 2.75) is 13.5 Å².